The third-order valence-corrected chi connectivity index (χ3v) is 6.28. The molecule has 0 saturated carbocycles. The molecule has 33 heavy (non-hydrogen) atoms. The molecule has 1 rings (SSSR count). The molecule has 0 spiro atoms. The van der Waals surface area contributed by atoms with Crippen molar-refractivity contribution in [1.29, 1.82) is 0 Å². The largest absolute Gasteiger partial charge is 0.472 e. The second-order valence-electron chi connectivity index (χ2n) is 9.83. The highest BCUT2D eigenvalue weighted by molar-refractivity contribution is 5.10. The summed E-state index contributed by atoms with van der Waals surface area (Å²) in [6.07, 6.45) is 29.8. The second kappa shape index (κ2) is 18.4. The van der Waals surface area contributed by atoms with E-state index in [9.17, 15) is 0 Å². The summed E-state index contributed by atoms with van der Waals surface area (Å²) < 4.78 is 5.13. The Morgan fingerprint density at radius 2 is 1.00 bits per heavy atom. The predicted molar refractivity (Wildman–Crippen MR) is 148 cm³/mol. The first kappa shape index (κ1) is 29.0. The summed E-state index contributed by atoms with van der Waals surface area (Å²) in [5.74, 6) is 0. The molecule has 0 atom stereocenters. The van der Waals surface area contributed by atoms with Gasteiger partial charge in [-0.2, -0.15) is 0 Å². The van der Waals surface area contributed by atoms with E-state index < -0.39 is 0 Å². The Kier molecular flexibility index (Phi) is 16.2. The van der Waals surface area contributed by atoms with Crippen LogP contribution in [0.4, 0.5) is 0 Å². The summed E-state index contributed by atoms with van der Waals surface area (Å²) in [7, 11) is 0. The van der Waals surface area contributed by atoms with Crippen LogP contribution in [0, 0.1) is 0 Å². The second-order valence-corrected chi connectivity index (χ2v) is 9.83. The Labute approximate surface area is 205 Å². The first-order valence-electron chi connectivity index (χ1n) is 13.2. The lowest BCUT2D eigenvalue weighted by Gasteiger charge is -2.03. The minimum Gasteiger partial charge on any atom is -0.472 e. The minimum atomic E-state index is 1.07. The number of allylic oxidation sites excluding steroid dienone is 10. The summed E-state index contributed by atoms with van der Waals surface area (Å²) in [5.41, 5.74) is 8.91. The summed E-state index contributed by atoms with van der Waals surface area (Å²) >= 11 is 0. The van der Waals surface area contributed by atoms with E-state index >= 15 is 0 Å². The van der Waals surface area contributed by atoms with Crippen molar-refractivity contribution < 1.29 is 4.42 Å². The van der Waals surface area contributed by atoms with Crippen molar-refractivity contribution in [2.24, 2.45) is 0 Å². The molecule has 0 radical (unpaired) electrons. The molecule has 1 heterocycles. The first-order chi connectivity index (χ1) is 15.9. The van der Waals surface area contributed by atoms with E-state index in [4.69, 9.17) is 4.42 Å². The van der Waals surface area contributed by atoms with Crippen molar-refractivity contribution in [1.82, 2.24) is 0 Å². The quantitative estimate of drug-likeness (QED) is 0.215. The van der Waals surface area contributed by atoms with E-state index in [1.54, 1.807) is 11.8 Å². The van der Waals surface area contributed by atoms with Crippen LogP contribution in [0.3, 0.4) is 0 Å². The number of furan rings is 1. The summed E-state index contributed by atoms with van der Waals surface area (Å²) in [4.78, 5) is 0. The first-order valence-corrected chi connectivity index (χ1v) is 13.2. The molecule has 0 saturated heterocycles. The Balaban J connectivity index is 2.19. The third kappa shape index (κ3) is 16.3. The van der Waals surface area contributed by atoms with Crippen molar-refractivity contribution in [2.75, 3.05) is 0 Å². The van der Waals surface area contributed by atoms with Gasteiger partial charge in [-0.1, -0.05) is 71.6 Å². The fraction of sp³-hybridized carbons (Fsp3) is 0.562. The van der Waals surface area contributed by atoms with Crippen LogP contribution < -0.4 is 0 Å². The average molecular weight is 451 g/mol. The maximum absolute atomic E-state index is 5.13. The van der Waals surface area contributed by atoms with Gasteiger partial charge in [-0.15, -0.1) is 0 Å². The molecule has 1 nitrogen and oxygen atoms in total. The Bertz CT molecular complexity index is 780. The van der Waals surface area contributed by atoms with E-state index in [0.29, 0.717) is 0 Å². The van der Waals surface area contributed by atoms with Crippen LogP contribution in [0.2, 0.25) is 0 Å². The topological polar surface area (TPSA) is 13.1 Å². The Morgan fingerprint density at radius 3 is 1.36 bits per heavy atom. The van der Waals surface area contributed by atoms with E-state index in [0.717, 1.165) is 32.1 Å². The van der Waals surface area contributed by atoms with Gasteiger partial charge in [0.15, 0.2) is 0 Å². The summed E-state index contributed by atoms with van der Waals surface area (Å²) in [6.45, 7) is 13.6. The van der Waals surface area contributed by atoms with Gasteiger partial charge in [0.2, 0.25) is 0 Å². The average Bonchev–Trinajstić information content (AvgIpc) is 3.27. The third-order valence-electron chi connectivity index (χ3n) is 6.28. The van der Waals surface area contributed by atoms with Gasteiger partial charge in [0, 0.05) is 0 Å². The molecular weight excluding hydrogens is 400 g/mol. The molecular formula is C32H50O. The molecule has 1 heteroatoms. The minimum absolute atomic E-state index is 1.07. The van der Waals surface area contributed by atoms with Crippen LogP contribution in [0.5, 0.6) is 0 Å². The molecule has 1 aromatic heterocycles. The van der Waals surface area contributed by atoms with Crippen LogP contribution in [0.25, 0.3) is 0 Å². The molecule has 0 bridgehead atoms. The monoisotopic (exact) mass is 450 g/mol. The summed E-state index contributed by atoms with van der Waals surface area (Å²) in [5, 5.41) is 0. The van der Waals surface area contributed by atoms with Crippen molar-refractivity contribution in [3.05, 3.63) is 82.4 Å². The van der Waals surface area contributed by atoms with Crippen LogP contribution in [0.1, 0.15) is 118 Å². The van der Waals surface area contributed by atoms with Crippen LogP contribution >= 0.6 is 0 Å². The van der Waals surface area contributed by atoms with Gasteiger partial charge in [-0.3, -0.25) is 0 Å². The molecule has 1 aromatic rings. The summed E-state index contributed by atoms with van der Waals surface area (Å²) in [6, 6.07) is 2.05. The molecule has 0 fully saturated rings. The van der Waals surface area contributed by atoms with E-state index in [-0.39, 0.29) is 0 Å². The van der Waals surface area contributed by atoms with Gasteiger partial charge < -0.3 is 4.42 Å². The normalized spacial score (nSPS) is 14.3. The highest BCUT2D eigenvalue weighted by Crippen LogP contribution is 2.16. The number of hydrogen-bond acceptors (Lipinski definition) is 1. The van der Waals surface area contributed by atoms with Gasteiger partial charge in [0.1, 0.15) is 0 Å². The molecule has 0 amide bonds. The Morgan fingerprint density at radius 1 is 0.606 bits per heavy atom. The van der Waals surface area contributed by atoms with Gasteiger partial charge >= 0.3 is 0 Å². The van der Waals surface area contributed by atoms with Crippen molar-refractivity contribution >= 4 is 0 Å². The van der Waals surface area contributed by atoms with E-state index in [1.807, 2.05) is 6.26 Å². The van der Waals surface area contributed by atoms with Crippen LogP contribution in [0.15, 0.2) is 81.3 Å². The fourth-order valence-corrected chi connectivity index (χ4v) is 4.01. The van der Waals surface area contributed by atoms with E-state index in [1.165, 1.54) is 72.8 Å². The van der Waals surface area contributed by atoms with E-state index in [2.05, 4.69) is 78.0 Å². The Hall–Kier alpha value is -2.02. The van der Waals surface area contributed by atoms with Crippen molar-refractivity contribution in [3.63, 3.8) is 0 Å². The lowest BCUT2D eigenvalue weighted by molar-refractivity contribution is 0.564. The highest BCUT2D eigenvalue weighted by Gasteiger charge is 1.96. The molecule has 0 unspecified atom stereocenters. The smallest absolute Gasteiger partial charge is 0.0934 e. The lowest BCUT2D eigenvalue weighted by atomic mass is 10.0. The molecule has 0 N–H and O–H groups in total. The van der Waals surface area contributed by atoms with Gasteiger partial charge in [-0.25, -0.2) is 0 Å². The van der Waals surface area contributed by atoms with Gasteiger partial charge in [-0.05, 0) is 117 Å². The van der Waals surface area contributed by atoms with Crippen molar-refractivity contribution in [3.8, 4) is 0 Å². The predicted octanol–water partition coefficient (Wildman–Crippen LogP) is 10.9. The zero-order valence-corrected chi connectivity index (χ0v) is 22.5. The number of hydrogen-bond donors (Lipinski definition) is 0. The SMILES string of the molecule is CCC/C(C)=C/CC/C(C)=C/CC/C(C)=C/CC/C(C)=C/CC/C(C)=C/CCc1ccoc1. The number of aryl methyl sites for hydroxylation is 1. The number of rotatable bonds is 17. The molecule has 0 aromatic carbocycles. The molecule has 0 aliphatic rings. The fourth-order valence-electron chi connectivity index (χ4n) is 4.01. The lowest BCUT2D eigenvalue weighted by Crippen LogP contribution is -1.84. The maximum atomic E-state index is 5.13. The van der Waals surface area contributed by atoms with Gasteiger partial charge in [0.05, 0.1) is 12.5 Å². The zero-order valence-electron chi connectivity index (χ0n) is 22.5. The highest BCUT2D eigenvalue weighted by atomic mass is 16.3. The molecule has 0 aliphatic heterocycles. The maximum Gasteiger partial charge on any atom is 0.0934 e. The van der Waals surface area contributed by atoms with Gasteiger partial charge in [0.25, 0.3) is 0 Å². The standard InChI is InChI=1S/C32H50O/c1-7-13-27(2)14-8-15-28(3)16-9-17-29(4)18-10-19-30(5)20-11-21-31(6)22-12-23-32-24-25-33-26-32/h14,16,18,20,22,24-26H,7-13,15,17,19,21,23H2,1-6H3/b27-14+,28-16+,29-18+,30-20+,31-22+. The van der Waals surface area contributed by atoms with Crippen molar-refractivity contribution in [2.45, 2.75) is 119 Å². The molecule has 184 valence electrons. The van der Waals surface area contributed by atoms with Crippen LogP contribution in [-0.4, -0.2) is 0 Å². The zero-order chi connectivity index (χ0) is 24.3. The molecule has 0 aliphatic carbocycles. The van der Waals surface area contributed by atoms with Crippen LogP contribution in [-0.2, 0) is 6.42 Å².